The Morgan fingerprint density at radius 1 is 1.09 bits per heavy atom. The van der Waals surface area contributed by atoms with Gasteiger partial charge in [0, 0.05) is 0 Å². The predicted octanol–water partition coefficient (Wildman–Crippen LogP) is 2.55. The number of hydrogen-bond donors (Lipinski definition) is 1. The molecule has 4 rings (SSSR count). The summed E-state index contributed by atoms with van der Waals surface area (Å²) in [5.41, 5.74) is 0.620. The third-order valence-electron chi connectivity index (χ3n) is 4.80. The molecule has 112 valence electrons. The van der Waals surface area contributed by atoms with Gasteiger partial charge in [-0.05, 0) is 30.2 Å². The van der Waals surface area contributed by atoms with Crippen molar-refractivity contribution in [1.29, 1.82) is 0 Å². The van der Waals surface area contributed by atoms with Crippen molar-refractivity contribution in [3.05, 3.63) is 65.7 Å². The third-order valence-corrected chi connectivity index (χ3v) is 4.80. The number of rotatable bonds is 3. The van der Waals surface area contributed by atoms with Gasteiger partial charge < -0.3 is 14.8 Å². The van der Waals surface area contributed by atoms with Gasteiger partial charge >= 0.3 is 0 Å². The van der Waals surface area contributed by atoms with Gasteiger partial charge in [-0.2, -0.15) is 0 Å². The zero-order valence-electron chi connectivity index (χ0n) is 12.5. The fourth-order valence-electron chi connectivity index (χ4n) is 3.52. The van der Waals surface area contributed by atoms with Gasteiger partial charge in [0.1, 0.15) is 5.75 Å². The molecule has 3 atom stereocenters. The summed E-state index contributed by atoms with van der Waals surface area (Å²) in [6.45, 7) is 1.86. The highest BCUT2D eigenvalue weighted by Crippen LogP contribution is 2.66. The molecule has 1 amide bonds. The fourth-order valence-corrected chi connectivity index (χ4v) is 3.52. The molecule has 2 aromatic carbocycles. The number of morpholine rings is 1. The molecule has 2 heterocycles. The summed E-state index contributed by atoms with van der Waals surface area (Å²) in [7, 11) is 1.64. The predicted molar refractivity (Wildman–Crippen MR) is 81.5 cm³/mol. The van der Waals surface area contributed by atoms with Crippen molar-refractivity contribution in [2.45, 2.75) is 24.2 Å². The number of hydrogen-bond acceptors (Lipinski definition) is 3. The van der Waals surface area contributed by atoms with E-state index >= 15 is 0 Å². The fraction of sp³-hybridized carbons (Fsp3) is 0.278. The molecule has 0 unspecified atom stereocenters. The Hall–Kier alpha value is -2.33. The highest BCUT2D eigenvalue weighted by atomic mass is 16.6. The molecule has 4 heteroatoms. The standard InChI is InChI=1S/C18H17NO3/c1-17-16(20)19-15(12-8-10-14(21-2)11-9-12)18(17,22-17)13-6-4-3-5-7-13/h3-11,15H,1-2H3,(H,19,20)/t15-,17+,18-/m0/s1. The number of nitrogens with one attached hydrogen (secondary N) is 1. The van der Waals surface area contributed by atoms with Crippen molar-refractivity contribution in [3.63, 3.8) is 0 Å². The van der Waals surface area contributed by atoms with Gasteiger partial charge in [-0.15, -0.1) is 0 Å². The van der Waals surface area contributed by atoms with E-state index in [2.05, 4.69) is 5.32 Å². The molecular formula is C18H17NO3. The van der Waals surface area contributed by atoms with Crippen LogP contribution in [0, 0.1) is 0 Å². The quantitative estimate of drug-likeness (QED) is 0.885. The van der Waals surface area contributed by atoms with E-state index in [9.17, 15) is 4.79 Å². The van der Waals surface area contributed by atoms with Crippen LogP contribution in [0.25, 0.3) is 0 Å². The van der Waals surface area contributed by atoms with Crippen molar-refractivity contribution in [2.75, 3.05) is 7.11 Å². The lowest BCUT2D eigenvalue weighted by Gasteiger charge is -2.22. The molecule has 0 aromatic heterocycles. The van der Waals surface area contributed by atoms with E-state index in [0.29, 0.717) is 0 Å². The van der Waals surface area contributed by atoms with E-state index in [1.165, 1.54) is 0 Å². The molecule has 0 bridgehead atoms. The van der Waals surface area contributed by atoms with Crippen LogP contribution in [0.5, 0.6) is 5.75 Å². The highest BCUT2D eigenvalue weighted by Gasteiger charge is 2.80. The van der Waals surface area contributed by atoms with Crippen molar-refractivity contribution < 1.29 is 14.3 Å². The summed E-state index contributed by atoms with van der Waals surface area (Å²) in [4.78, 5) is 12.4. The van der Waals surface area contributed by atoms with E-state index in [0.717, 1.165) is 16.9 Å². The first kappa shape index (κ1) is 13.3. The van der Waals surface area contributed by atoms with Crippen LogP contribution in [-0.4, -0.2) is 18.6 Å². The Morgan fingerprint density at radius 2 is 1.77 bits per heavy atom. The number of carbonyl (C=O) groups excluding carboxylic acids is 1. The number of epoxide rings is 1. The Balaban J connectivity index is 1.80. The molecule has 22 heavy (non-hydrogen) atoms. The number of ether oxygens (including phenoxy) is 2. The molecule has 0 aliphatic carbocycles. The minimum Gasteiger partial charge on any atom is -0.497 e. The average molecular weight is 295 g/mol. The van der Waals surface area contributed by atoms with E-state index in [1.54, 1.807) is 7.11 Å². The zero-order chi connectivity index (χ0) is 15.4. The normalized spacial score (nSPS) is 32.3. The van der Waals surface area contributed by atoms with E-state index in [-0.39, 0.29) is 11.9 Å². The molecule has 0 radical (unpaired) electrons. The number of methoxy groups -OCH3 is 1. The number of benzene rings is 2. The second-order valence-electron chi connectivity index (χ2n) is 5.92. The molecule has 2 saturated heterocycles. The van der Waals surface area contributed by atoms with Gasteiger partial charge in [-0.25, -0.2) is 0 Å². The summed E-state index contributed by atoms with van der Waals surface area (Å²) >= 11 is 0. The zero-order valence-corrected chi connectivity index (χ0v) is 12.5. The molecule has 0 spiro atoms. The Kier molecular flexibility index (Phi) is 2.63. The maximum absolute atomic E-state index is 12.4. The smallest absolute Gasteiger partial charge is 0.256 e. The summed E-state index contributed by atoms with van der Waals surface area (Å²) in [6.07, 6.45) is 0. The maximum atomic E-state index is 12.4. The van der Waals surface area contributed by atoms with Gasteiger partial charge in [0.15, 0.2) is 11.2 Å². The van der Waals surface area contributed by atoms with Crippen LogP contribution < -0.4 is 10.1 Å². The molecule has 2 aliphatic rings. The van der Waals surface area contributed by atoms with Crippen LogP contribution in [0.1, 0.15) is 24.1 Å². The molecule has 0 saturated carbocycles. The minimum absolute atomic E-state index is 0.0582. The van der Waals surface area contributed by atoms with Gasteiger partial charge in [-0.1, -0.05) is 42.5 Å². The van der Waals surface area contributed by atoms with Crippen LogP contribution in [0.2, 0.25) is 0 Å². The van der Waals surface area contributed by atoms with Crippen LogP contribution >= 0.6 is 0 Å². The lowest BCUT2D eigenvalue weighted by Crippen LogP contribution is -2.30. The molecular weight excluding hydrogens is 278 g/mol. The SMILES string of the molecule is COc1ccc([C@@H]2NC(=O)[C@@]3(C)O[C@@]23c2ccccc2)cc1. The van der Waals surface area contributed by atoms with Crippen LogP contribution in [0.4, 0.5) is 0 Å². The first-order valence-electron chi connectivity index (χ1n) is 7.32. The minimum atomic E-state index is -0.793. The number of amides is 1. The largest absolute Gasteiger partial charge is 0.497 e. The lowest BCUT2D eigenvalue weighted by molar-refractivity contribution is -0.125. The van der Waals surface area contributed by atoms with Crippen LogP contribution in [0.15, 0.2) is 54.6 Å². The molecule has 2 fully saturated rings. The number of carbonyl (C=O) groups is 1. The highest BCUT2D eigenvalue weighted by molar-refractivity contribution is 5.94. The van der Waals surface area contributed by atoms with Gasteiger partial charge in [0.05, 0.1) is 13.2 Å². The van der Waals surface area contributed by atoms with Crippen LogP contribution in [0.3, 0.4) is 0 Å². The summed E-state index contributed by atoms with van der Waals surface area (Å²) in [6, 6.07) is 17.5. The monoisotopic (exact) mass is 295 g/mol. The lowest BCUT2D eigenvalue weighted by atomic mass is 9.82. The van der Waals surface area contributed by atoms with E-state index in [4.69, 9.17) is 9.47 Å². The van der Waals surface area contributed by atoms with Gasteiger partial charge in [0.2, 0.25) is 0 Å². The first-order chi connectivity index (χ1) is 10.6. The molecule has 2 aliphatic heterocycles. The van der Waals surface area contributed by atoms with Gasteiger partial charge in [-0.3, -0.25) is 4.79 Å². The van der Waals surface area contributed by atoms with Gasteiger partial charge in [0.25, 0.3) is 5.91 Å². The Morgan fingerprint density at radius 3 is 2.36 bits per heavy atom. The molecule has 2 aromatic rings. The van der Waals surface area contributed by atoms with E-state index in [1.807, 2.05) is 61.5 Å². The third kappa shape index (κ3) is 1.53. The van der Waals surface area contributed by atoms with Crippen molar-refractivity contribution in [1.82, 2.24) is 5.32 Å². The number of fused-ring (bicyclic) bond motifs is 1. The summed E-state index contributed by atoms with van der Waals surface area (Å²) in [5, 5.41) is 3.08. The second-order valence-corrected chi connectivity index (χ2v) is 5.92. The summed E-state index contributed by atoms with van der Waals surface area (Å²) < 4.78 is 11.2. The van der Waals surface area contributed by atoms with Crippen molar-refractivity contribution >= 4 is 5.91 Å². The molecule has 4 nitrogen and oxygen atoms in total. The Bertz CT molecular complexity index is 728. The first-order valence-corrected chi connectivity index (χ1v) is 7.32. The molecule has 1 N–H and O–H groups in total. The van der Waals surface area contributed by atoms with Crippen LogP contribution in [-0.2, 0) is 15.1 Å². The maximum Gasteiger partial charge on any atom is 0.256 e. The second kappa shape index (κ2) is 4.34. The average Bonchev–Trinajstić information content (AvgIpc) is 3.15. The Labute approximate surface area is 129 Å². The summed E-state index contributed by atoms with van der Waals surface area (Å²) in [5.74, 6) is 0.735. The van der Waals surface area contributed by atoms with Crippen molar-refractivity contribution in [3.8, 4) is 5.75 Å². The van der Waals surface area contributed by atoms with Crippen molar-refractivity contribution in [2.24, 2.45) is 0 Å². The topological polar surface area (TPSA) is 50.9 Å². The van der Waals surface area contributed by atoms with E-state index < -0.39 is 11.2 Å².